The fourth-order valence-corrected chi connectivity index (χ4v) is 2.02. The summed E-state index contributed by atoms with van der Waals surface area (Å²) >= 11 is 0. The van der Waals surface area contributed by atoms with Crippen LogP contribution in [0.2, 0.25) is 0 Å². The lowest BCUT2D eigenvalue weighted by Crippen LogP contribution is -1.94. The Morgan fingerprint density at radius 1 is 1.21 bits per heavy atom. The molecule has 0 saturated carbocycles. The van der Waals surface area contributed by atoms with E-state index in [0.29, 0.717) is 0 Å². The van der Waals surface area contributed by atoms with Crippen LogP contribution in [0.3, 0.4) is 0 Å². The Morgan fingerprint density at radius 2 is 2.21 bits per heavy atom. The molecule has 2 aromatic rings. The van der Waals surface area contributed by atoms with Crippen LogP contribution in [0, 0.1) is 0 Å². The van der Waals surface area contributed by atoms with E-state index in [1.165, 1.54) is 10.9 Å². The topological polar surface area (TPSA) is 22.1 Å². The van der Waals surface area contributed by atoms with E-state index in [0.717, 1.165) is 30.7 Å². The fourth-order valence-electron chi connectivity index (χ4n) is 2.02. The number of ether oxygens (including phenoxy) is 1. The van der Waals surface area contributed by atoms with E-state index in [1.54, 1.807) is 0 Å². The quantitative estimate of drug-likeness (QED) is 0.629. The first-order valence-corrected chi connectivity index (χ1v) is 4.94. The third-order valence-corrected chi connectivity index (χ3v) is 2.66. The molecule has 1 aromatic carbocycles. The summed E-state index contributed by atoms with van der Waals surface area (Å²) in [5.41, 5.74) is 2.41. The first-order chi connectivity index (χ1) is 6.95. The van der Waals surface area contributed by atoms with Crippen LogP contribution in [0.5, 0.6) is 5.75 Å². The molecule has 1 aliphatic rings. The molecule has 0 radical (unpaired) electrons. The molecule has 70 valence electrons. The van der Waals surface area contributed by atoms with Crippen LogP contribution >= 0.6 is 0 Å². The number of hydrogen-bond donors (Lipinski definition) is 0. The lowest BCUT2D eigenvalue weighted by molar-refractivity contribution is 0.319. The van der Waals surface area contributed by atoms with Gasteiger partial charge in [-0.3, -0.25) is 4.98 Å². The molecule has 0 amide bonds. The molecule has 1 aliphatic heterocycles. The highest BCUT2D eigenvalue weighted by Crippen LogP contribution is 2.30. The van der Waals surface area contributed by atoms with Gasteiger partial charge in [0.25, 0.3) is 0 Å². The highest BCUT2D eigenvalue weighted by molar-refractivity contribution is 5.88. The van der Waals surface area contributed by atoms with Gasteiger partial charge in [-0.2, -0.15) is 0 Å². The second-order valence-corrected chi connectivity index (χ2v) is 3.57. The summed E-state index contributed by atoms with van der Waals surface area (Å²) in [5.74, 6) is 0.989. The van der Waals surface area contributed by atoms with Gasteiger partial charge in [0.1, 0.15) is 5.75 Å². The zero-order chi connectivity index (χ0) is 9.38. The molecular weight excluding hydrogens is 174 g/mol. The van der Waals surface area contributed by atoms with Gasteiger partial charge >= 0.3 is 0 Å². The molecule has 0 N–H and O–H groups in total. The maximum atomic E-state index is 5.68. The van der Waals surface area contributed by atoms with Gasteiger partial charge < -0.3 is 4.74 Å². The summed E-state index contributed by atoms with van der Waals surface area (Å²) in [4.78, 5) is 4.35. The zero-order valence-electron chi connectivity index (χ0n) is 7.86. The predicted octanol–water partition coefficient (Wildman–Crippen LogP) is 2.56. The first-order valence-electron chi connectivity index (χ1n) is 4.94. The summed E-state index contributed by atoms with van der Waals surface area (Å²) < 4.78 is 5.68. The van der Waals surface area contributed by atoms with Crippen molar-refractivity contribution < 1.29 is 4.74 Å². The van der Waals surface area contributed by atoms with Crippen LogP contribution in [-0.4, -0.2) is 11.6 Å². The Kier molecular flexibility index (Phi) is 1.66. The van der Waals surface area contributed by atoms with Gasteiger partial charge in [0.05, 0.1) is 12.1 Å². The van der Waals surface area contributed by atoms with Crippen molar-refractivity contribution in [3.05, 3.63) is 36.0 Å². The van der Waals surface area contributed by atoms with Gasteiger partial charge in [0, 0.05) is 11.6 Å². The minimum Gasteiger partial charge on any atom is -0.493 e. The van der Waals surface area contributed by atoms with Crippen LogP contribution in [0.4, 0.5) is 0 Å². The number of aryl methyl sites for hydroxylation is 1. The van der Waals surface area contributed by atoms with Gasteiger partial charge in [-0.25, -0.2) is 0 Å². The summed E-state index contributed by atoms with van der Waals surface area (Å²) in [7, 11) is 0. The average molecular weight is 185 g/mol. The van der Waals surface area contributed by atoms with E-state index in [-0.39, 0.29) is 0 Å². The SMILES string of the molecule is c1cc2c3c(ccnc3c1)OCCC2. The smallest absolute Gasteiger partial charge is 0.130 e. The Bertz CT molecular complexity index is 438. The largest absolute Gasteiger partial charge is 0.493 e. The highest BCUT2D eigenvalue weighted by atomic mass is 16.5. The third-order valence-electron chi connectivity index (χ3n) is 2.66. The summed E-state index contributed by atoms with van der Waals surface area (Å²) in [6, 6.07) is 8.23. The molecule has 0 bridgehead atoms. The third kappa shape index (κ3) is 1.07. The second kappa shape index (κ2) is 2.98. The van der Waals surface area contributed by atoms with Crippen LogP contribution in [0.15, 0.2) is 30.5 Å². The molecule has 2 heteroatoms. The minimum absolute atomic E-state index is 0.813. The van der Waals surface area contributed by atoms with E-state index in [4.69, 9.17) is 4.74 Å². The van der Waals surface area contributed by atoms with Gasteiger partial charge in [-0.05, 0) is 30.5 Å². The normalized spacial score (nSPS) is 14.9. The molecule has 1 aromatic heterocycles. The number of aromatic nitrogens is 1. The number of benzene rings is 1. The standard InChI is InChI=1S/C12H11NO/c1-3-9-4-2-8-14-11-6-7-13-10(5-1)12(9)11/h1,3,5-7H,2,4,8H2. The molecule has 0 aliphatic carbocycles. The Balaban J connectivity index is 2.41. The summed E-state index contributed by atoms with van der Waals surface area (Å²) in [6.07, 6.45) is 4.00. The lowest BCUT2D eigenvalue weighted by Gasteiger charge is -2.06. The highest BCUT2D eigenvalue weighted by Gasteiger charge is 2.11. The average Bonchev–Trinajstić information content (AvgIpc) is 2.44. The van der Waals surface area contributed by atoms with Crippen LogP contribution < -0.4 is 4.74 Å². The Hall–Kier alpha value is -1.57. The van der Waals surface area contributed by atoms with Crippen LogP contribution in [-0.2, 0) is 6.42 Å². The van der Waals surface area contributed by atoms with E-state index in [2.05, 4.69) is 17.1 Å². The van der Waals surface area contributed by atoms with Gasteiger partial charge in [0.15, 0.2) is 0 Å². The van der Waals surface area contributed by atoms with E-state index in [9.17, 15) is 0 Å². The molecule has 2 heterocycles. The molecule has 0 fully saturated rings. The molecule has 0 spiro atoms. The number of rotatable bonds is 0. The van der Waals surface area contributed by atoms with Crippen molar-refractivity contribution in [1.29, 1.82) is 0 Å². The van der Waals surface area contributed by atoms with Gasteiger partial charge in [-0.1, -0.05) is 12.1 Å². The monoisotopic (exact) mass is 185 g/mol. The number of hydrogen-bond acceptors (Lipinski definition) is 2. The van der Waals surface area contributed by atoms with Crippen molar-refractivity contribution in [2.24, 2.45) is 0 Å². The minimum atomic E-state index is 0.813. The molecule has 0 atom stereocenters. The van der Waals surface area contributed by atoms with Crippen LogP contribution in [0.1, 0.15) is 12.0 Å². The zero-order valence-corrected chi connectivity index (χ0v) is 7.86. The molecule has 3 rings (SSSR count). The van der Waals surface area contributed by atoms with E-state index < -0.39 is 0 Å². The lowest BCUT2D eigenvalue weighted by atomic mass is 10.0. The van der Waals surface area contributed by atoms with Crippen molar-refractivity contribution >= 4 is 10.9 Å². The van der Waals surface area contributed by atoms with E-state index in [1.807, 2.05) is 18.3 Å². The van der Waals surface area contributed by atoms with Gasteiger partial charge in [0.2, 0.25) is 0 Å². The first kappa shape index (κ1) is 7.80. The molecule has 14 heavy (non-hydrogen) atoms. The summed E-state index contributed by atoms with van der Waals surface area (Å²) in [6.45, 7) is 0.813. The van der Waals surface area contributed by atoms with Crippen molar-refractivity contribution in [3.63, 3.8) is 0 Å². The predicted molar refractivity (Wildman–Crippen MR) is 55.6 cm³/mol. The van der Waals surface area contributed by atoms with Gasteiger partial charge in [-0.15, -0.1) is 0 Å². The van der Waals surface area contributed by atoms with Crippen LogP contribution in [0.25, 0.3) is 10.9 Å². The number of pyridine rings is 1. The Morgan fingerprint density at radius 3 is 3.21 bits per heavy atom. The molecular formula is C12H11NO. The maximum Gasteiger partial charge on any atom is 0.130 e. The van der Waals surface area contributed by atoms with E-state index >= 15 is 0 Å². The molecule has 2 nitrogen and oxygen atoms in total. The second-order valence-electron chi connectivity index (χ2n) is 3.57. The van der Waals surface area contributed by atoms with Crippen molar-refractivity contribution in [1.82, 2.24) is 4.98 Å². The van der Waals surface area contributed by atoms with Crippen molar-refractivity contribution in [3.8, 4) is 5.75 Å². The fraction of sp³-hybridized carbons (Fsp3) is 0.250. The molecule has 0 saturated heterocycles. The van der Waals surface area contributed by atoms with Crippen molar-refractivity contribution in [2.75, 3.05) is 6.61 Å². The maximum absolute atomic E-state index is 5.68. The molecule has 0 unspecified atom stereocenters. The summed E-state index contributed by atoms with van der Waals surface area (Å²) in [5, 5.41) is 1.20. The Labute approximate surface area is 82.5 Å². The van der Waals surface area contributed by atoms with Crippen molar-refractivity contribution in [2.45, 2.75) is 12.8 Å². The number of nitrogens with zero attached hydrogens (tertiary/aromatic N) is 1.